The van der Waals surface area contributed by atoms with Crippen molar-refractivity contribution in [3.05, 3.63) is 18.5 Å². The number of nitrogens with zero attached hydrogens (tertiary/aromatic N) is 2. The summed E-state index contributed by atoms with van der Waals surface area (Å²) < 4.78 is 1.81. The van der Waals surface area contributed by atoms with Crippen molar-refractivity contribution in [3.63, 3.8) is 0 Å². The molecule has 2 N–H and O–H groups in total. The van der Waals surface area contributed by atoms with Crippen molar-refractivity contribution in [2.45, 2.75) is 69.5 Å². The molecule has 1 spiro atoms. The van der Waals surface area contributed by atoms with E-state index in [0.717, 1.165) is 19.4 Å². The van der Waals surface area contributed by atoms with Crippen LogP contribution in [-0.2, 0) is 11.3 Å². The highest BCUT2D eigenvalue weighted by Crippen LogP contribution is 2.34. The normalized spacial score (nSPS) is 24.9. The van der Waals surface area contributed by atoms with Gasteiger partial charge < -0.3 is 10.6 Å². The number of aromatic nitrogens is 2. The minimum absolute atomic E-state index is 0.156. The summed E-state index contributed by atoms with van der Waals surface area (Å²) in [7, 11) is 0. The summed E-state index contributed by atoms with van der Waals surface area (Å²) in [4.78, 5) is 12.1. The van der Waals surface area contributed by atoms with Crippen LogP contribution in [0.3, 0.4) is 0 Å². The molecule has 1 aromatic heterocycles. The number of nitrogens with one attached hydrogen (secondary N) is 2. The van der Waals surface area contributed by atoms with Crippen LogP contribution in [0.1, 0.15) is 51.4 Å². The number of carbonyl (C=O) groups excluding carboxylic acids is 1. The number of piperidine rings is 1. The Labute approximate surface area is 126 Å². The Morgan fingerprint density at radius 1 is 1.38 bits per heavy atom. The van der Waals surface area contributed by atoms with Crippen LogP contribution in [0.5, 0.6) is 0 Å². The molecule has 1 saturated carbocycles. The summed E-state index contributed by atoms with van der Waals surface area (Å²) >= 11 is 0. The summed E-state index contributed by atoms with van der Waals surface area (Å²) in [5.74, 6) is 0.156. The molecule has 116 valence electrons. The fraction of sp³-hybridized carbons (Fsp3) is 0.750. The van der Waals surface area contributed by atoms with E-state index in [-0.39, 0.29) is 5.91 Å². The van der Waals surface area contributed by atoms with E-state index in [9.17, 15) is 4.79 Å². The van der Waals surface area contributed by atoms with Gasteiger partial charge in [-0.3, -0.25) is 9.48 Å². The molecule has 2 aliphatic rings. The molecule has 0 radical (unpaired) electrons. The van der Waals surface area contributed by atoms with Crippen LogP contribution < -0.4 is 10.6 Å². The third kappa shape index (κ3) is 3.84. The van der Waals surface area contributed by atoms with Crippen molar-refractivity contribution in [3.8, 4) is 0 Å². The number of hydrogen-bond acceptors (Lipinski definition) is 3. The van der Waals surface area contributed by atoms with E-state index >= 15 is 0 Å². The number of hydrogen-bond donors (Lipinski definition) is 2. The lowest BCUT2D eigenvalue weighted by atomic mass is 9.75. The van der Waals surface area contributed by atoms with Crippen molar-refractivity contribution in [1.82, 2.24) is 20.4 Å². The van der Waals surface area contributed by atoms with Crippen molar-refractivity contribution in [1.29, 1.82) is 0 Å². The molecule has 5 heteroatoms. The van der Waals surface area contributed by atoms with Gasteiger partial charge in [0, 0.05) is 36.9 Å². The maximum absolute atomic E-state index is 12.1. The minimum atomic E-state index is 0.156. The van der Waals surface area contributed by atoms with Crippen molar-refractivity contribution < 1.29 is 4.79 Å². The summed E-state index contributed by atoms with van der Waals surface area (Å²) in [6.07, 6.45) is 12.9. The first-order chi connectivity index (χ1) is 10.3. The number of rotatable bonds is 4. The molecular weight excluding hydrogens is 264 g/mol. The second-order valence-electron chi connectivity index (χ2n) is 6.54. The van der Waals surface area contributed by atoms with E-state index in [1.54, 1.807) is 6.20 Å². The van der Waals surface area contributed by atoms with Crippen LogP contribution in [0.4, 0.5) is 0 Å². The Morgan fingerprint density at radius 2 is 2.24 bits per heavy atom. The second-order valence-corrected chi connectivity index (χ2v) is 6.54. The van der Waals surface area contributed by atoms with Gasteiger partial charge >= 0.3 is 0 Å². The van der Waals surface area contributed by atoms with E-state index in [2.05, 4.69) is 15.7 Å². The van der Waals surface area contributed by atoms with Gasteiger partial charge in [0.25, 0.3) is 0 Å². The molecule has 1 aromatic rings. The lowest BCUT2D eigenvalue weighted by Gasteiger charge is -2.44. The third-order valence-corrected chi connectivity index (χ3v) is 4.93. The zero-order valence-electron chi connectivity index (χ0n) is 12.7. The van der Waals surface area contributed by atoms with Crippen molar-refractivity contribution in [2.24, 2.45) is 0 Å². The molecule has 5 nitrogen and oxygen atoms in total. The molecule has 2 fully saturated rings. The zero-order chi connectivity index (χ0) is 14.5. The van der Waals surface area contributed by atoms with Gasteiger partial charge in [-0.1, -0.05) is 19.3 Å². The number of carbonyl (C=O) groups is 1. The first-order valence-electron chi connectivity index (χ1n) is 8.28. The monoisotopic (exact) mass is 290 g/mol. The third-order valence-electron chi connectivity index (χ3n) is 4.93. The van der Waals surface area contributed by atoms with E-state index in [4.69, 9.17) is 0 Å². The number of amides is 1. The van der Waals surface area contributed by atoms with Crippen LogP contribution in [-0.4, -0.2) is 33.8 Å². The Balaban J connectivity index is 1.46. The predicted molar refractivity (Wildman–Crippen MR) is 81.8 cm³/mol. The predicted octanol–water partition coefficient (Wildman–Crippen LogP) is 1.84. The molecule has 21 heavy (non-hydrogen) atoms. The first-order valence-corrected chi connectivity index (χ1v) is 8.28. The molecule has 1 amide bonds. The van der Waals surface area contributed by atoms with Gasteiger partial charge in [0.2, 0.25) is 5.91 Å². The molecular formula is C16H26N4O. The fourth-order valence-corrected chi connectivity index (χ4v) is 3.84. The highest BCUT2D eigenvalue weighted by atomic mass is 16.1. The average Bonchev–Trinajstić information content (AvgIpc) is 2.99. The highest BCUT2D eigenvalue weighted by Gasteiger charge is 2.37. The zero-order valence-corrected chi connectivity index (χ0v) is 12.7. The minimum Gasteiger partial charge on any atom is -0.353 e. The fourth-order valence-electron chi connectivity index (χ4n) is 3.84. The summed E-state index contributed by atoms with van der Waals surface area (Å²) in [6.45, 7) is 1.69. The average molecular weight is 290 g/mol. The van der Waals surface area contributed by atoms with Crippen LogP contribution >= 0.6 is 0 Å². The molecule has 1 unspecified atom stereocenters. The van der Waals surface area contributed by atoms with Gasteiger partial charge in [0.1, 0.15) is 0 Å². The van der Waals surface area contributed by atoms with Gasteiger partial charge in [0.05, 0.1) is 0 Å². The Bertz CT molecular complexity index is 445. The van der Waals surface area contributed by atoms with Gasteiger partial charge in [-0.25, -0.2) is 0 Å². The lowest BCUT2D eigenvalue weighted by molar-refractivity contribution is -0.122. The van der Waals surface area contributed by atoms with E-state index < -0.39 is 0 Å². The van der Waals surface area contributed by atoms with Crippen LogP contribution in [0.2, 0.25) is 0 Å². The van der Waals surface area contributed by atoms with Gasteiger partial charge in [0.15, 0.2) is 0 Å². The quantitative estimate of drug-likeness (QED) is 0.889. The first kappa shape index (κ1) is 14.6. The summed E-state index contributed by atoms with van der Waals surface area (Å²) in [5, 5.41) is 11.1. The van der Waals surface area contributed by atoms with Crippen molar-refractivity contribution >= 4 is 5.91 Å². The van der Waals surface area contributed by atoms with Crippen LogP contribution in [0.15, 0.2) is 18.5 Å². The SMILES string of the molecule is O=C(CCn1cccn1)NC1CCNC2(CCCCC2)C1. The van der Waals surface area contributed by atoms with E-state index in [1.165, 1.54) is 32.1 Å². The molecule has 1 aliphatic heterocycles. The molecule has 1 atom stereocenters. The van der Waals surface area contributed by atoms with Crippen molar-refractivity contribution in [2.75, 3.05) is 6.54 Å². The molecule has 0 aromatic carbocycles. The molecule has 3 rings (SSSR count). The van der Waals surface area contributed by atoms with Crippen LogP contribution in [0.25, 0.3) is 0 Å². The Kier molecular flexibility index (Phi) is 4.58. The molecule has 2 heterocycles. The lowest BCUT2D eigenvalue weighted by Crippen LogP contribution is -2.57. The molecule has 0 bridgehead atoms. The topological polar surface area (TPSA) is 59.0 Å². The number of aryl methyl sites for hydroxylation is 1. The standard InChI is InChI=1S/C16H26N4O/c21-15(6-12-20-11-4-9-18-20)19-14-5-10-17-16(13-14)7-2-1-3-8-16/h4,9,11,14,17H,1-3,5-8,10,12-13H2,(H,19,21). The molecule has 1 aliphatic carbocycles. The van der Waals surface area contributed by atoms with E-state index in [0.29, 0.717) is 24.5 Å². The summed E-state index contributed by atoms with van der Waals surface area (Å²) in [5.41, 5.74) is 0.302. The smallest absolute Gasteiger partial charge is 0.222 e. The van der Waals surface area contributed by atoms with Gasteiger partial charge in [-0.2, -0.15) is 5.10 Å². The largest absolute Gasteiger partial charge is 0.353 e. The maximum Gasteiger partial charge on any atom is 0.222 e. The molecule has 1 saturated heterocycles. The van der Waals surface area contributed by atoms with Crippen LogP contribution in [0, 0.1) is 0 Å². The van der Waals surface area contributed by atoms with E-state index in [1.807, 2.05) is 16.9 Å². The maximum atomic E-state index is 12.1. The highest BCUT2D eigenvalue weighted by molar-refractivity contribution is 5.76. The second kappa shape index (κ2) is 6.60. The van der Waals surface area contributed by atoms with Gasteiger partial charge in [-0.05, 0) is 38.3 Å². The Morgan fingerprint density at radius 3 is 3.00 bits per heavy atom. The Hall–Kier alpha value is -1.36. The summed E-state index contributed by atoms with van der Waals surface area (Å²) in [6, 6.07) is 2.23. The van der Waals surface area contributed by atoms with Gasteiger partial charge in [-0.15, -0.1) is 0 Å².